The van der Waals surface area contributed by atoms with Gasteiger partial charge in [0.25, 0.3) is 0 Å². The Bertz CT molecular complexity index is 203. The van der Waals surface area contributed by atoms with Crippen LogP contribution in [0.4, 0.5) is 0 Å². The molecule has 1 unspecified atom stereocenters. The maximum absolute atomic E-state index is 11.6. The van der Waals surface area contributed by atoms with Crippen molar-refractivity contribution >= 4 is 5.91 Å². The fourth-order valence-corrected chi connectivity index (χ4v) is 1.39. The van der Waals surface area contributed by atoms with Crippen molar-refractivity contribution in [2.75, 3.05) is 6.54 Å². The van der Waals surface area contributed by atoms with E-state index in [0.29, 0.717) is 12.3 Å². The Balaban J connectivity index is 3.67. The molecule has 16 heavy (non-hydrogen) atoms. The Hall–Kier alpha value is -0.530. The minimum absolute atomic E-state index is 0.200. The molecule has 0 bridgehead atoms. The standard InChI is InChI=1S/C14H29NO/c1-11(2)8-7-9-15-13(16)10-12(3)14(4,5)6/h11-12H,7-10H2,1-6H3,(H,15,16). The van der Waals surface area contributed by atoms with Crippen LogP contribution in [0.2, 0.25) is 0 Å². The Labute approximate surface area is 101 Å². The quantitative estimate of drug-likeness (QED) is 0.690. The fourth-order valence-electron chi connectivity index (χ4n) is 1.39. The molecule has 0 aliphatic heterocycles. The first-order chi connectivity index (χ1) is 7.23. The highest BCUT2D eigenvalue weighted by Crippen LogP contribution is 2.27. The molecular formula is C14H29NO. The van der Waals surface area contributed by atoms with Crippen LogP contribution in [-0.2, 0) is 4.79 Å². The van der Waals surface area contributed by atoms with Gasteiger partial charge in [0.15, 0.2) is 0 Å². The van der Waals surface area contributed by atoms with E-state index in [2.05, 4.69) is 46.9 Å². The number of carbonyl (C=O) groups is 1. The number of rotatable bonds is 6. The van der Waals surface area contributed by atoms with Crippen LogP contribution in [0.5, 0.6) is 0 Å². The average molecular weight is 227 g/mol. The van der Waals surface area contributed by atoms with Gasteiger partial charge in [0.1, 0.15) is 0 Å². The van der Waals surface area contributed by atoms with Crippen molar-refractivity contribution in [3.8, 4) is 0 Å². The molecule has 0 radical (unpaired) electrons. The first-order valence-electron chi connectivity index (χ1n) is 6.50. The summed E-state index contributed by atoms with van der Waals surface area (Å²) in [6.45, 7) is 14.0. The predicted molar refractivity (Wildman–Crippen MR) is 70.3 cm³/mol. The second-order valence-corrected chi connectivity index (χ2v) is 6.36. The molecule has 0 aromatic heterocycles. The lowest BCUT2D eigenvalue weighted by atomic mass is 9.80. The molecule has 0 saturated heterocycles. The van der Waals surface area contributed by atoms with E-state index in [1.54, 1.807) is 0 Å². The molecule has 0 aliphatic carbocycles. The molecule has 0 heterocycles. The topological polar surface area (TPSA) is 29.1 Å². The van der Waals surface area contributed by atoms with Gasteiger partial charge in [0, 0.05) is 13.0 Å². The van der Waals surface area contributed by atoms with Crippen LogP contribution in [-0.4, -0.2) is 12.5 Å². The van der Waals surface area contributed by atoms with Crippen molar-refractivity contribution in [3.63, 3.8) is 0 Å². The van der Waals surface area contributed by atoms with Gasteiger partial charge < -0.3 is 5.32 Å². The molecule has 0 fully saturated rings. The fraction of sp³-hybridized carbons (Fsp3) is 0.929. The summed E-state index contributed by atoms with van der Waals surface area (Å²) in [6.07, 6.45) is 2.92. The van der Waals surface area contributed by atoms with E-state index in [-0.39, 0.29) is 11.3 Å². The summed E-state index contributed by atoms with van der Waals surface area (Å²) >= 11 is 0. The Kier molecular flexibility index (Phi) is 6.70. The van der Waals surface area contributed by atoms with Crippen LogP contribution in [0.15, 0.2) is 0 Å². The molecule has 1 amide bonds. The van der Waals surface area contributed by atoms with Crippen LogP contribution in [0.1, 0.15) is 60.8 Å². The number of hydrogen-bond acceptors (Lipinski definition) is 1. The van der Waals surface area contributed by atoms with Crippen LogP contribution >= 0.6 is 0 Å². The van der Waals surface area contributed by atoms with Gasteiger partial charge in [-0.05, 0) is 30.1 Å². The lowest BCUT2D eigenvalue weighted by Gasteiger charge is -2.26. The molecule has 0 spiro atoms. The minimum atomic E-state index is 0.200. The average Bonchev–Trinajstić information content (AvgIpc) is 2.10. The zero-order valence-electron chi connectivity index (χ0n) is 11.9. The Morgan fingerprint density at radius 1 is 1.19 bits per heavy atom. The Morgan fingerprint density at radius 2 is 1.75 bits per heavy atom. The zero-order chi connectivity index (χ0) is 12.8. The molecule has 96 valence electrons. The van der Waals surface area contributed by atoms with Gasteiger partial charge in [0.05, 0.1) is 0 Å². The van der Waals surface area contributed by atoms with Crippen molar-refractivity contribution < 1.29 is 4.79 Å². The van der Waals surface area contributed by atoms with Crippen molar-refractivity contribution in [3.05, 3.63) is 0 Å². The third-order valence-corrected chi connectivity index (χ3v) is 3.25. The molecule has 0 aliphatic rings. The number of carbonyl (C=O) groups excluding carboxylic acids is 1. The Morgan fingerprint density at radius 3 is 2.19 bits per heavy atom. The second kappa shape index (κ2) is 6.93. The van der Waals surface area contributed by atoms with Gasteiger partial charge in [-0.25, -0.2) is 0 Å². The zero-order valence-corrected chi connectivity index (χ0v) is 11.9. The van der Waals surface area contributed by atoms with Crippen molar-refractivity contribution in [2.45, 2.75) is 60.8 Å². The van der Waals surface area contributed by atoms with Crippen molar-refractivity contribution in [1.82, 2.24) is 5.32 Å². The molecular weight excluding hydrogens is 198 g/mol. The summed E-state index contributed by atoms with van der Waals surface area (Å²) < 4.78 is 0. The van der Waals surface area contributed by atoms with Gasteiger partial charge in [-0.3, -0.25) is 4.79 Å². The largest absolute Gasteiger partial charge is 0.356 e. The predicted octanol–water partition coefficient (Wildman–Crippen LogP) is 3.61. The monoisotopic (exact) mass is 227 g/mol. The normalized spacial score (nSPS) is 13.9. The maximum atomic E-state index is 11.6. The first kappa shape index (κ1) is 15.5. The second-order valence-electron chi connectivity index (χ2n) is 6.36. The summed E-state index contributed by atoms with van der Waals surface area (Å²) in [5, 5.41) is 3.00. The number of amides is 1. The highest BCUT2D eigenvalue weighted by Gasteiger charge is 2.22. The maximum Gasteiger partial charge on any atom is 0.220 e. The van der Waals surface area contributed by atoms with Gasteiger partial charge in [-0.2, -0.15) is 0 Å². The molecule has 2 nitrogen and oxygen atoms in total. The smallest absolute Gasteiger partial charge is 0.220 e. The summed E-state index contributed by atoms with van der Waals surface area (Å²) in [4.78, 5) is 11.6. The van der Waals surface area contributed by atoms with E-state index < -0.39 is 0 Å². The molecule has 1 atom stereocenters. The lowest BCUT2D eigenvalue weighted by molar-refractivity contribution is -0.122. The minimum Gasteiger partial charge on any atom is -0.356 e. The third kappa shape index (κ3) is 7.72. The van der Waals surface area contributed by atoms with E-state index in [9.17, 15) is 4.79 Å². The summed E-state index contributed by atoms with van der Waals surface area (Å²) in [6, 6.07) is 0. The van der Waals surface area contributed by atoms with Crippen molar-refractivity contribution in [1.29, 1.82) is 0 Å². The van der Waals surface area contributed by atoms with Gasteiger partial charge in [-0.15, -0.1) is 0 Å². The van der Waals surface area contributed by atoms with Crippen LogP contribution in [0.3, 0.4) is 0 Å². The molecule has 2 heteroatoms. The molecule has 0 saturated carbocycles. The third-order valence-electron chi connectivity index (χ3n) is 3.25. The van der Waals surface area contributed by atoms with Crippen LogP contribution in [0, 0.1) is 17.3 Å². The molecule has 0 aromatic carbocycles. The highest BCUT2D eigenvalue weighted by molar-refractivity contribution is 5.76. The SMILES string of the molecule is CC(C)CCCNC(=O)CC(C)C(C)(C)C. The molecule has 1 N–H and O–H groups in total. The lowest BCUT2D eigenvalue weighted by Crippen LogP contribution is -2.29. The van der Waals surface area contributed by atoms with Gasteiger partial charge in [-0.1, -0.05) is 41.5 Å². The van der Waals surface area contributed by atoms with Gasteiger partial charge in [0.2, 0.25) is 5.91 Å². The first-order valence-corrected chi connectivity index (χ1v) is 6.50. The number of hydrogen-bond donors (Lipinski definition) is 1. The van der Waals surface area contributed by atoms with E-state index in [4.69, 9.17) is 0 Å². The summed E-state index contributed by atoms with van der Waals surface area (Å²) in [5.41, 5.74) is 0.218. The van der Waals surface area contributed by atoms with E-state index >= 15 is 0 Å². The molecule has 0 rings (SSSR count). The van der Waals surface area contributed by atoms with Crippen LogP contribution in [0.25, 0.3) is 0 Å². The number of nitrogens with one attached hydrogen (secondary N) is 1. The van der Waals surface area contributed by atoms with Crippen LogP contribution < -0.4 is 5.32 Å². The van der Waals surface area contributed by atoms with Gasteiger partial charge >= 0.3 is 0 Å². The van der Waals surface area contributed by atoms with E-state index in [1.165, 1.54) is 6.42 Å². The summed E-state index contributed by atoms with van der Waals surface area (Å²) in [5.74, 6) is 1.36. The summed E-state index contributed by atoms with van der Waals surface area (Å²) in [7, 11) is 0. The highest BCUT2D eigenvalue weighted by atomic mass is 16.1. The van der Waals surface area contributed by atoms with E-state index in [1.807, 2.05) is 0 Å². The van der Waals surface area contributed by atoms with Crippen molar-refractivity contribution in [2.24, 2.45) is 17.3 Å². The molecule has 0 aromatic rings. The van der Waals surface area contributed by atoms with E-state index in [0.717, 1.165) is 18.9 Å².